The molecular formula is C70H86N4O16S4-4. The SMILES string of the molecule is CCCCCCC1(C)C(=CC2=C([O-])C(C=C3C(CCCCC)c4cc5c(cc4N3CCCCC)C(C)(CCCCC)C(C=c3c(=O)c(=CC4=[N+](CS(=O)(=O)[O-])c6ccc(SOO[O-])cc6C4(C)C)c3=O)=[N+]5CCCCC)=C2[O-])N(CS(=O)(=O)[O-])c2ccc(S(=O)(=O)[O-])cc21. The summed E-state index contributed by atoms with van der Waals surface area (Å²) in [4.78, 5) is 32.9. The second kappa shape index (κ2) is 28.9. The van der Waals surface area contributed by atoms with E-state index in [4.69, 9.17) is 0 Å². The highest BCUT2D eigenvalue weighted by Gasteiger charge is 2.51. The Bertz CT molecular complexity index is 4350. The van der Waals surface area contributed by atoms with Crippen LogP contribution in [0.15, 0.2) is 114 Å². The molecule has 0 saturated heterocycles. The fourth-order valence-corrected chi connectivity index (χ4v) is 16.8. The Balaban J connectivity index is 1.20. The second-order valence-electron chi connectivity index (χ2n) is 26.6. The van der Waals surface area contributed by atoms with E-state index in [0.717, 1.165) is 136 Å². The number of hydrogen-bond acceptors (Lipinski definition) is 19. The number of fused-ring (bicyclic) bond motifs is 4. The quantitative estimate of drug-likeness (QED) is 0.0108. The van der Waals surface area contributed by atoms with E-state index in [1.54, 1.807) is 51.1 Å². The Labute approximate surface area is 557 Å². The maximum Gasteiger partial charge on any atom is 0.237 e. The zero-order chi connectivity index (χ0) is 68.5. The zero-order valence-electron chi connectivity index (χ0n) is 55.2. The van der Waals surface area contributed by atoms with Crippen molar-refractivity contribution in [3.63, 3.8) is 0 Å². The second-order valence-corrected chi connectivity index (χ2v) is 31.5. The molecule has 94 heavy (non-hydrogen) atoms. The van der Waals surface area contributed by atoms with Gasteiger partial charge in [-0.2, -0.15) is 13.5 Å². The van der Waals surface area contributed by atoms with E-state index in [-0.39, 0.29) is 50.2 Å². The van der Waals surface area contributed by atoms with E-state index < -0.39 is 85.6 Å². The molecule has 1 aliphatic carbocycles. The first-order chi connectivity index (χ1) is 44.4. The molecule has 0 radical (unpaired) electrons. The molecule has 24 heteroatoms. The van der Waals surface area contributed by atoms with Gasteiger partial charge in [0.15, 0.2) is 21.5 Å². The number of hydrogen-bond donors (Lipinski definition) is 0. The Morgan fingerprint density at radius 3 is 1.81 bits per heavy atom. The fourth-order valence-electron chi connectivity index (χ4n) is 14.7. The number of anilines is 2. The lowest BCUT2D eigenvalue weighted by atomic mass is 9.74. The van der Waals surface area contributed by atoms with Crippen LogP contribution in [0.2, 0.25) is 0 Å². The number of unbranched alkanes of at least 4 members (excludes halogenated alkanes) is 11. The van der Waals surface area contributed by atoms with Gasteiger partial charge in [0, 0.05) is 87.4 Å². The van der Waals surface area contributed by atoms with Crippen molar-refractivity contribution in [2.75, 3.05) is 34.6 Å². The number of nitrogens with zero attached hydrogens (tertiary/aromatic N) is 4. The van der Waals surface area contributed by atoms with Crippen LogP contribution >= 0.6 is 12.0 Å². The third kappa shape index (κ3) is 14.3. The van der Waals surface area contributed by atoms with Crippen LogP contribution in [0.4, 0.5) is 22.7 Å². The molecule has 3 atom stereocenters. The molecule has 4 aromatic rings. The maximum absolute atomic E-state index is 14.9. The first-order valence-corrected chi connectivity index (χ1v) is 38.3. The molecule has 5 aliphatic rings. The average molecular weight is 1370 g/mol. The molecule has 0 fully saturated rings. The molecule has 510 valence electrons. The van der Waals surface area contributed by atoms with Crippen LogP contribution in [-0.4, -0.2) is 84.3 Å². The number of rotatable bonds is 33. The molecule has 20 nitrogen and oxygen atoms in total. The van der Waals surface area contributed by atoms with Gasteiger partial charge in [0.2, 0.25) is 28.1 Å². The predicted molar refractivity (Wildman–Crippen MR) is 355 cm³/mol. The van der Waals surface area contributed by atoms with E-state index >= 15 is 0 Å². The lowest BCUT2D eigenvalue weighted by molar-refractivity contribution is -0.777. The third-order valence-corrected chi connectivity index (χ3v) is 22.3. The summed E-state index contributed by atoms with van der Waals surface area (Å²) < 4.78 is 121. The average Bonchev–Trinajstić information content (AvgIpc) is 1.55. The molecule has 9 rings (SSSR count). The van der Waals surface area contributed by atoms with E-state index in [0.29, 0.717) is 67.0 Å². The molecule has 3 unspecified atom stereocenters. The van der Waals surface area contributed by atoms with Crippen molar-refractivity contribution in [3.8, 4) is 0 Å². The van der Waals surface area contributed by atoms with Gasteiger partial charge in [-0.05, 0) is 131 Å². The molecule has 4 aromatic carbocycles. The summed E-state index contributed by atoms with van der Waals surface area (Å²) in [5, 5.41) is 43.8. The van der Waals surface area contributed by atoms with Crippen LogP contribution in [0.3, 0.4) is 0 Å². The Morgan fingerprint density at radius 2 is 1.18 bits per heavy atom. The standard InChI is InChI=1S/C70H90N4O16S4/c1-10-15-20-23-32-69(8)54-36-46(94(86,87)88)28-30-57(54)74(44-93(83,84)85)63(69)41-52-64(75)49(65(52)76)38-58-47(26-21-16-11-2)48-37-60-55(42-59(48)71(58)33-24-18-13-4)70(9,31-22-17-12-3)62(72(60)34-25-19-14-5)40-51-66(77)50(67(51)78)39-61-68(6,7)53-35-45(91-90-89-79)27-29-56(53)73(61)43-92(80,81)82/h27-30,35-42,47H,10-26,31-34,43-44H2,1-9H3,(H4-2,75,76,79,80,81,82,83,84,85,86,87,88)/p-4. The highest BCUT2D eigenvalue weighted by Crippen LogP contribution is 2.56. The van der Waals surface area contributed by atoms with Crippen LogP contribution in [0.25, 0.3) is 12.2 Å². The lowest BCUT2D eigenvalue weighted by Gasteiger charge is -2.40. The van der Waals surface area contributed by atoms with Gasteiger partial charge in [-0.15, -0.1) is 0 Å². The monoisotopic (exact) mass is 1370 g/mol. The Kier molecular flexibility index (Phi) is 22.2. The maximum atomic E-state index is 14.9. The van der Waals surface area contributed by atoms with Gasteiger partial charge < -0.3 is 38.9 Å². The summed E-state index contributed by atoms with van der Waals surface area (Å²) in [6.45, 7) is 19.1. The molecule has 0 N–H and O–H groups in total. The summed E-state index contributed by atoms with van der Waals surface area (Å²) in [6, 6.07) is 12.8. The first-order valence-electron chi connectivity index (χ1n) is 33.0. The summed E-state index contributed by atoms with van der Waals surface area (Å²) in [6.07, 6.45) is 21.4. The van der Waals surface area contributed by atoms with Crippen molar-refractivity contribution in [3.05, 3.63) is 148 Å². The zero-order valence-corrected chi connectivity index (χ0v) is 58.5. The summed E-state index contributed by atoms with van der Waals surface area (Å²) in [5.74, 6) is -3.50. The molecule has 4 heterocycles. The smallest absolute Gasteiger partial charge is 0.237 e. The van der Waals surface area contributed by atoms with Crippen LogP contribution in [0.1, 0.15) is 212 Å². The van der Waals surface area contributed by atoms with Crippen LogP contribution < -0.4 is 46.6 Å². The van der Waals surface area contributed by atoms with E-state index in [1.807, 2.05) is 6.92 Å². The van der Waals surface area contributed by atoms with Gasteiger partial charge >= 0.3 is 0 Å². The summed E-state index contributed by atoms with van der Waals surface area (Å²) in [5.41, 5.74) is 2.82. The van der Waals surface area contributed by atoms with Gasteiger partial charge in [0.1, 0.15) is 32.7 Å². The van der Waals surface area contributed by atoms with Crippen molar-refractivity contribution >= 4 is 88.7 Å². The van der Waals surface area contributed by atoms with Crippen molar-refractivity contribution < 1.29 is 72.9 Å². The fraction of sp³-hybridized carbons (Fsp3) is 0.514. The van der Waals surface area contributed by atoms with Gasteiger partial charge in [-0.1, -0.05) is 130 Å². The molecule has 0 saturated carbocycles. The highest BCUT2D eigenvalue weighted by atomic mass is 32.2. The molecule has 0 spiro atoms. The van der Waals surface area contributed by atoms with Crippen molar-refractivity contribution in [2.45, 2.75) is 216 Å². The minimum absolute atomic E-state index is 0.0299. The molecule has 0 amide bonds. The van der Waals surface area contributed by atoms with Crippen LogP contribution in [0, 0.1) is 0 Å². The highest BCUT2D eigenvalue weighted by molar-refractivity contribution is 7.94. The van der Waals surface area contributed by atoms with Crippen LogP contribution in [0.5, 0.6) is 0 Å². The van der Waals surface area contributed by atoms with Gasteiger partial charge in [0.25, 0.3) is 0 Å². The van der Waals surface area contributed by atoms with Gasteiger partial charge in [-0.3, -0.25) is 14.6 Å². The largest absolute Gasteiger partial charge is 0.872 e. The Hall–Kier alpha value is -6.06. The predicted octanol–water partition coefficient (Wildman–Crippen LogP) is 8.32. The summed E-state index contributed by atoms with van der Waals surface area (Å²) in [7, 11) is -14.9. The summed E-state index contributed by atoms with van der Waals surface area (Å²) >= 11 is 0.635. The first kappa shape index (κ1) is 72.2. The molecule has 0 aromatic heterocycles. The molecule has 0 bridgehead atoms. The van der Waals surface area contributed by atoms with E-state index in [2.05, 4.69) is 65.6 Å². The van der Waals surface area contributed by atoms with Gasteiger partial charge in [-0.25, -0.2) is 25.3 Å². The van der Waals surface area contributed by atoms with E-state index in [1.165, 1.54) is 33.8 Å². The molecule has 4 aliphatic heterocycles. The third-order valence-electron chi connectivity index (χ3n) is 19.8. The molecular weight excluding hydrogens is 1280 g/mol. The van der Waals surface area contributed by atoms with Crippen molar-refractivity contribution in [1.82, 2.24) is 0 Å². The minimum atomic E-state index is -5.02. The van der Waals surface area contributed by atoms with Gasteiger partial charge in [0.05, 0.1) is 38.2 Å². The topological polar surface area (TPSA) is 306 Å². The number of benzene rings is 3. The normalized spacial score (nSPS) is 21.0. The lowest BCUT2D eigenvalue weighted by Crippen LogP contribution is -2.65. The number of allylic oxidation sites excluding steroid dienone is 4. The minimum Gasteiger partial charge on any atom is -0.872 e. The van der Waals surface area contributed by atoms with Crippen LogP contribution in [-0.2, 0) is 56.0 Å². The Morgan fingerprint density at radius 1 is 0.585 bits per heavy atom. The van der Waals surface area contributed by atoms with E-state index in [9.17, 15) is 64.0 Å². The van der Waals surface area contributed by atoms with Crippen molar-refractivity contribution in [1.29, 1.82) is 0 Å². The van der Waals surface area contributed by atoms with Crippen molar-refractivity contribution in [2.24, 2.45) is 0 Å².